The minimum absolute atomic E-state index is 0.931. The average Bonchev–Trinajstić information content (AvgIpc) is 2.85. The number of rotatable bonds is 2. The molecule has 0 fully saturated rings. The number of aryl methyl sites for hydroxylation is 1. The van der Waals surface area contributed by atoms with Gasteiger partial charge >= 0.3 is 0 Å². The number of hydrogen-bond donors (Lipinski definition) is 0. The summed E-state index contributed by atoms with van der Waals surface area (Å²) in [5, 5.41) is 0. The Balaban J connectivity index is -0.000000121. The van der Waals surface area contributed by atoms with Crippen LogP contribution in [-0.4, -0.2) is 9.55 Å². The predicted octanol–water partition coefficient (Wildman–Crippen LogP) is 6.76. The van der Waals surface area contributed by atoms with E-state index in [-0.39, 0.29) is 0 Å². The molecule has 0 N–H and O–H groups in total. The predicted molar refractivity (Wildman–Crippen MR) is 102 cm³/mol. The summed E-state index contributed by atoms with van der Waals surface area (Å²) in [7, 11) is 0. The van der Waals surface area contributed by atoms with Gasteiger partial charge in [0.05, 0.1) is 5.69 Å². The van der Waals surface area contributed by atoms with E-state index < -0.39 is 0 Å². The lowest BCUT2D eigenvalue weighted by atomic mass is 10.5. The molecule has 1 aromatic heterocycles. The fourth-order valence-electron chi connectivity index (χ4n) is 0.953. The van der Waals surface area contributed by atoms with Crippen molar-refractivity contribution in [1.29, 1.82) is 0 Å². The van der Waals surface area contributed by atoms with Gasteiger partial charge in [-0.2, -0.15) is 0 Å². The first-order valence-corrected chi connectivity index (χ1v) is 7.55. The Morgan fingerprint density at radius 1 is 0.952 bits per heavy atom. The van der Waals surface area contributed by atoms with E-state index in [1.165, 1.54) is 0 Å². The second-order valence-corrected chi connectivity index (χ2v) is 3.15. The van der Waals surface area contributed by atoms with Crippen LogP contribution < -0.4 is 0 Å². The minimum Gasteiger partial charge on any atom is -0.307 e. The lowest BCUT2D eigenvalue weighted by Crippen LogP contribution is -1.86. The zero-order valence-corrected chi connectivity index (χ0v) is 15.5. The third-order valence-electron chi connectivity index (χ3n) is 1.39. The van der Waals surface area contributed by atoms with E-state index in [9.17, 15) is 0 Å². The zero-order chi connectivity index (χ0) is 17.7. The fourth-order valence-corrected chi connectivity index (χ4v) is 0.953. The van der Waals surface area contributed by atoms with Crippen molar-refractivity contribution in [2.45, 2.75) is 55.4 Å². The number of hydrogen-bond acceptors (Lipinski definition) is 1. The summed E-state index contributed by atoms with van der Waals surface area (Å²) in [6, 6.07) is 0. The molecule has 0 aliphatic rings. The first kappa shape index (κ1) is 27.5. The van der Waals surface area contributed by atoms with Gasteiger partial charge < -0.3 is 4.57 Å². The lowest BCUT2D eigenvalue weighted by molar-refractivity contribution is 1.11. The Morgan fingerprint density at radius 2 is 1.33 bits per heavy atom. The summed E-state index contributed by atoms with van der Waals surface area (Å²) in [4.78, 5) is 4.28. The summed E-state index contributed by atoms with van der Waals surface area (Å²) >= 11 is 0. The highest BCUT2D eigenvalue weighted by Gasteiger charge is 1.96. The van der Waals surface area contributed by atoms with Crippen molar-refractivity contribution in [3.63, 3.8) is 0 Å². The molecule has 0 aromatic carbocycles. The highest BCUT2D eigenvalue weighted by atomic mass is 15.0. The molecular formula is C19H36N2. The van der Waals surface area contributed by atoms with E-state index in [1.54, 1.807) is 18.4 Å². The standard InChI is InChI=1S/C9H12N2.2C3H6.2C2H6/c1-4-6-9-10-8(3)7-11(9)5-2;2*1-3-2;2*1-2/h4-7H,2H2,1,3H3;2*3H,1H2,2H3;2*1-2H3/b6-4-;;;;. The molecule has 0 spiro atoms. The largest absolute Gasteiger partial charge is 0.307 e. The van der Waals surface area contributed by atoms with Crippen LogP contribution >= 0.6 is 0 Å². The van der Waals surface area contributed by atoms with Crippen LogP contribution in [0.3, 0.4) is 0 Å². The smallest absolute Gasteiger partial charge is 0.136 e. The van der Waals surface area contributed by atoms with Gasteiger partial charge in [-0.25, -0.2) is 4.98 Å². The first-order valence-electron chi connectivity index (χ1n) is 7.55. The minimum atomic E-state index is 0.931. The van der Waals surface area contributed by atoms with Gasteiger partial charge in [0.1, 0.15) is 5.82 Å². The van der Waals surface area contributed by atoms with Crippen LogP contribution in [0, 0.1) is 6.92 Å². The molecule has 0 saturated heterocycles. The van der Waals surface area contributed by atoms with Gasteiger partial charge in [-0.3, -0.25) is 0 Å². The molecule has 0 radical (unpaired) electrons. The van der Waals surface area contributed by atoms with Crippen molar-refractivity contribution in [1.82, 2.24) is 9.55 Å². The van der Waals surface area contributed by atoms with Crippen molar-refractivity contribution >= 4 is 12.3 Å². The fraction of sp³-hybridized carbons (Fsp3) is 0.421. The van der Waals surface area contributed by atoms with Crippen molar-refractivity contribution in [3.05, 3.63) is 55.7 Å². The van der Waals surface area contributed by atoms with E-state index in [1.807, 2.05) is 78.3 Å². The molecule has 0 amide bonds. The van der Waals surface area contributed by atoms with Crippen LogP contribution in [0.25, 0.3) is 12.3 Å². The molecule has 0 aliphatic carbocycles. The Labute approximate surface area is 133 Å². The van der Waals surface area contributed by atoms with Crippen molar-refractivity contribution < 1.29 is 0 Å². The lowest BCUT2D eigenvalue weighted by Gasteiger charge is -1.92. The van der Waals surface area contributed by atoms with Gasteiger partial charge in [-0.1, -0.05) is 52.5 Å². The third kappa shape index (κ3) is 20.6. The van der Waals surface area contributed by atoms with E-state index in [2.05, 4.69) is 24.7 Å². The van der Waals surface area contributed by atoms with Crippen molar-refractivity contribution in [3.8, 4) is 0 Å². The molecule has 1 heterocycles. The van der Waals surface area contributed by atoms with Gasteiger partial charge in [0, 0.05) is 12.4 Å². The summed E-state index contributed by atoms with van der Waals surface area (Å²) in [6.07, 6.45) is 11.1. The Bertz CT molecular complexity index is 352. The summed E-state index contributed by atoms with van der Waals surface area (Å²) in [6.45, 7) is 26.1. The van der Waals surface area contributed by atoms with Crippen LogP contribution in [0.15, 0.2) is 44.2 Å². The maximum atomic E-state index is 4.28. The quantitative estimate of drug-likeness (QED) is 0.550. The molecule has 0 atom stereocenters. The third-order valence-corrected chi connectivity index (χ3v) is 1.39. The normalized spacial score (nSPS) is 7.43. The second-order valence-electron chi connectivity index (χ2n) is 3.15. The van der Waals surface area contributed by atoms with Crippen LogP contribution in [0.2, 0.25) is 0 Å². The van der Waals surface area contributed by atoms with Crippen molar-refractivity contribution in [2.75, 3.05) is 0 Å². The highest BCUT2D eigenvalue weighted by Crippen LogP contribution is 2.04. The molecule has 0 unspecified atom stereocenters. The molecule has 1 aromatic rings. The molecule has 1 rings (SSSR count). The molecule has 21 heavy (non-hydrogen) atoms. The molecule has 0 saturated carbocycles. The highest BCUT2D eigenvalue weighted by molar-refractivity contribution is 5.44. The van der Waals surface area contributed by atoms with Gasteiger partial charge in [-0.05, 0) is 33.8 Å². The van der Waals surface area contributed by atoms with E-state index in [4.69, 9.17) is 0 Å². The second kappa shape index (κ2) is 26.7. The number of allylic oxidation sites excluding steroid dienone is 3. The number of imidazole rings is 1. The summed E-state index contributed by atoms with van der Waals surface area (Å²) in [5.74, 6) is 0.931. The maximum Gasteiger partial charge on any atom is 0.136 e. The van der Waals surface area contributed by atoms with E-state index in [0.29, 0.717) is 0 Å². The van der Waals surface area contributed by atoms with Crippen LogP contribution in [0.5, 0.6) is 0 Å². The first-order chi connectivity index (χ1) is 10.1. The van der Waals surface area contributed by atoms with Gasteiger partial charge in [0.15, 0.2) is 0 Å². The molecule has 0 bridgehead atoms. The molecule has 122 valence electrons. The Morgan fingerprint density at radius 3 is 1.62 bits per heavy atom. The van der Waals surface area contributed by atoms with Gasteiger partial charge in [-0.15, -0.1) is 13.2 Å². The molecule has 0 aliphatic heterocycles. The van der Waals surface area contributed by atoms with E-state index >= 15 is 0 Å². The van der Waals surface area contributed by atoms with Gasteiger partial charge in [0.2, 0.25) is 0 Å². The molecule has 2 heteroatoms. The van der Waals surface area contributed by atoms with Crippen LogP contribution in [0.4, 0.5) is 0 Å². The maximum absolute atomic E-state index is 4.28. The topological polar surface area (TPSA) is 17.8 Å². The van der Waals surface area contributed by atoms with Gasteiger partial charge in [0.25, 0.3) is 0 Å². The Kier molecular flexibility index (Phi) is 34.9. The summed E-state index contributed by atoms with van der Waals surface area (Å²) < 4.78 is 1.90. The number of nitrogens with zero attached hydrogens (tertiary/aromatic N) is 2. The molecular weight excluding hydrogens is 256 g/mol. The monoisotopic (exact) mass is 292 g/mol. The molecule has 2 nitrogen and oxygen atoms in total. The average molecular weight is 293 g/mol. The van der Waals surface area contributed by atoms with Crippen LogP contribution in [0.1, 0.15) is 60.0 Å². The van der Waals surface area contributed by atoms with Crippen LogP contribution in [-0.2, 0) is 0 Å². The SMILES string of the molecule is C=CC.C=CC.C=Cn1cc(C)nc1/C=C\C.CC.CC. The zero-order valence-electron chi connectivity index (χ0n) is 15.5. The van der Waals surface area contributed by atoms with Crippen molar-refractivity contribution in [2.24, 2.45) is 0 Å². The summed E-state index contributed by atoms with van der Waals surface area (Å²) in [5.41, 5.74) is 1.01. The number of aromatic nitrogens is 2. The Hall–Kier alpha value is -1.83. The van der Waals surface area contributed by atoms with E-state index in [0.717, 1.165) is 11.5 Å².